The summed E-state index contributed by atoms with van der Waals surface area (Å²) in [5, 5.41) is 3.09. The summed E-state index contributed by atoms with van der Waals surface area (Å²) < 4.78 is 52.8. The van der Waals surface area contributed by atoms with Gasteiger partial charge in [0.1, 0.15) is 23.4 Å². The maximum absolute atomic E-state index is 14.7. The van der Waals surface area contributed by atoms with Crippen molar-refractivity contribution in [1.29, 1.82) is 0 Å². The van der Waals surface area contributed by atoms with E-state index in [1.165, 1.54) is 19.2 Å². The molecule has 0 saturated carbocycles. The first-order chi connectivity index (χ1) is 16.9. The van der Waals surface area contributed by atoms with Gasteiger partial charge in [-0.2, -0.15) is 0 Å². The third-order valence-corrected chi connectivity index (χ3v) is 6.88. The molecule has 0 amide bonds. The lowest BCUT2D eigenvalue weighted by Crippen LogP contribution is -2.49. The van der Waals surface area contributed by atoms with Crippen LogP contribution in [0.5, 0.6) is 0 Å². The van der Waals surface area contributed by atoms with Crippen LogP contribution in [0.2, 0.25) is 5.02 Å². The Hall–Kier alpha value is -2.95. The van der Waals surface area contributed by atoms with Crippen LogP contribution in [0.1, 0.15) is 30.1 Å². The second-order valence-electron chi connectivity index (χ2n) is 8.63. The number of ether oxygens (including phenoxy) is 2. The third-order valence-electron chi connectivity index (χ3n) is 6.55. The van der Waals surface area contributed by atoms with Gasteiger partial charge in [-0.3, -0.25) is 9.89 Å². The molecule has 2 aromatic rings. The summed E-state index contributed by atoms with van der Waals surface area (Å²) in [7, 11) is 1.25. The van der Waals surface area contributed by atoms with Gasteiger partial charge >= 0.3 is 5.97 Å². The zero-order valence-electron chi connectivity index (χ0n) is 18.7. The molecule has 5 rings (SSSR count). The Labute approximate surface area is 204 Å². The normalized spacial score (nSPS) is 24.3. The molecule has 2 saturated heterocycles. The van der Waals surface area contributed by atoms with E-state index in [0.29, 0.717) is 37.1 Å². The van der Waals surface area contributed by atoms with E-state index in [1.54, 1.807) is 0 Å². The van der Waals surface area contributed by atoms with Gasteiger partial charge in [-0.1, -0.05) is 17.7 Å². The number of pyridine rings is 1. The first kappa shape index (κ1) is 23.8. The lowest BCUT2D eigenvalue weighted by Gasteiger charge is -2.37. The number of morpholine rings is 1. The molecule has 1 aromatic carbocycles. The number of aliphatic imine (C=N–C) groups is 1. The summed E-state index contributed by atoms with van der Waals surface area (Å²) in [6.45, 7) is 1.44. The van der Waals surface area contributed by atoms with Crippen LogP contribution in [0.15, 0.2) is 46.7 Å². The smallest absolute Gasteiger partial charge is 0.338 e. The number of nitrogens with one attached hydrogen (secondary N) is 1. The van der Waals surface area contributed by atoms with E-state index >= 15 is 0 Å². The van der Waals surface area contributed by atoms with Crippen LogP contribution >= 0.6 is 11.6 Å². The maximum atomic E-state index is 14.7. The average molecular weight is 507 g/mol. The zero-order valence-corrected chi connectivity index (χ0v) is 19.5. The Morgan fingerprint density at radius 2 is 1.94 bits per heavy atom. The highest BCUT2D eigenvalue weighted by Crippen LogP contribution is 2.38. The van der Waals surface area contributed by atoms with Crippen LogP contribution in [-0.2, 0) is 14.3 Å². The van der Waals surface area contributed by atoms with Crippen molar-refractivity contribution in [3.8, 4) is 0 Å². The van der Waals surface area contributed by atoms with Crippen LogP contribution in [0.25, 0.3) is 0 Å². The molecular formula is C24H22ClF3N4O3. The summed E-state index contributed by atoms with van der Waals surface area (Å²) in [5.74, 6) is -2.98. The molecule has 1 N–H and O–H groups in total. The molecule has 2 fully saturated rings. The quantitative estimate of drug-likeness (QED) is 0.625. The molecule has 35 heavy (non-hydrogen) atoms. The topological polar surface area (TPSA) is 76.0 Å². The molecule has 4 heterocycles. The fourth-order valence-corrected chi connectivity index (χ4v) is 5.15. The highest BCUT2D eigenvalue weighted by Gasteiger charge is 2.41. The van der Waals surface area contributed by atoms with E-state index < -0.39 is 29.5 Å². The molecule has 3 aliphatic heterocycles. The summed E-state index contributed by atoms with van der Waals surface area (Å²) >= 11 is 6.35. The summed E-state index contributed by atoms with van der Waals surface area (Å²) in [5.41, 5.74) is 0.702. The molecule has 1 aromatic heterocycles. The second kappa shape index (κ2) is 9.60. The van der Waals surface area contributed by atoms with Crippen LogP contribution in [0, 0.1) is 17.5 Å². The van der Waals surface area contributed by atoms with Crippen molar-refractivity contribution in [2.45, 2.75) is 31.0 Å². The molecule has 3 aliphatic rings. The number of aromatic nitrogens is 1. The van der Waals surface area contributed by atoms with E-state index in [4.69, 9.17) is 21.1 Å². The molecule has 3 atom stereocenters. The lowest BCUT2D eigenvalue weighted by molar-refractivity contribution is -0.136. The van der Waals surface area contributed by atoms with Crippen molar-refractivity contribution in [3.05, 3.63) is 75.5 Å². The molecule has 0 spiro atoms. The van der Waals surface area contributed by atoms with E-state index in [9.17, 15) is 18.0 Å². The molecule has 7 nitrogen and oxygen atoms in total. The summed E-state index contributed by atoms with van der Waals surface area (Å²) in [6.07, 6.45) is 2.78. The predicted octanol–water partition coefficient (Wildman–Crippen LogP) is 3.53. The number of nitrogens with zero attached hydrogens (tertiary/aromatic N) is 3. The summed E-state index contributed by atoms with van der Waals surface area (Å²) in [4.78, 5) is 23.7. The van der Waals surface area contributed by atoms with Crippen molar-refractivity contribution >= 4 is 23.4 Å². The molecule has 2 unspecified atom stereocenters. The van der Waals surface area contributed by atoms with E-state index in [2.05, 4.69) is 20.2 Å². The van der Waals surface area contributed by atoms with Crippen LogP contribution in [-0.4, -0.2) is 60.6 Å². The number of esters is 1. The van der Waals surface area contributed by atoms with Crippen molar-refractivity contribution in [2.24, 2.45) is 4.99 Å². The molecule has 2 bridgehead atoms. The van der Waals surface area contributed by atoms with Gasteiger partial charge in [0.25, 0.3) is 0 Å². The first-order valence-electron chi connectivity index (χ1n) is 11.1. The Morgan fingerprint density at radius 3 is 2.60 bits per heavy atom. The van der Waals surface area contributed by atoms with E-state index in [1.807, 2.05) is 0 Å². The molecule has 184 valence electrons. The van der Waals surface area contributed by atoms with Gasteiger partial charge in [0.05, 0.1) is 32.1 Å². The molecule has 0 aliphatic carbocycles. The highest BCUT2D eigenvalue weighted by atomic mass is 35.5. The number of carbonyl (C=O) groups is 1. The van der Waals surface area contributed by atoms with Crippen LogP contribution in [0.3, 0.4) is 0 Å². The molecule has 11 heteroatoms. The van der Waals surface area contributed by atoms with Gasteiger partial charge in [-0.05, 0) is 25.0 Å². The Bertz CT molecular complexity index is 1220. The maximum Gasteiger partial charge on any atom is 0.338 e. The monoisotopic (exact) mass is 506 g/mol. The SMILES string of the molecule is COC(=O)C1=C(CN2C3CCC2COC3)NC(c2ncc(F)cc2F)=N[C@H]1c1ccc(F)cc1Cl. The highest BCUT2D eigenvalue weighted by molar-refractivity contribution is 6.31. The van der Waals surface area contributed by atoms with E-state index in [0.717, 1.165) is 25.1 Å². The van der Waals surface area contributed by atoms with Crippen molar-refractivity contribution in [3.63, 3.8) is 0 Å². The molecular weight excluding hydrogens is 485 g/mol. The van der Waals surface area contributed by atoms with Crippen LogP contribution in [0.4, 0.5) is 13.2 Å². The number of halogens is 4. The third kappa shape index (κ3) is 4.53. The van der Waals surface area contributed by atoms with Crippen molar-refractivity contribution in [2.75, 3.05) is 26.9 Å². The average Bonchev–Trinajstić information content (AvgIpc) is 3.03. The van der Waals surface area contributed by atoms with E-state index in [-0.39, 0.29) is 34.2 Å². The van der Waals surface area contributed by atoms with Gasteiger partial charge in [0, 0.05) is 41.0 Å². The number of methoxy groups -OCH3 is 1. The second-order valence-corrected chi connectivity index (χ2v) is 9.04. The Morgan fingerprint density at radius 1 is 1.20 bits per heavy atom. The minimum Gasteiger partial charge on any atom is -0.466 e. The Balaban J connectivity index is 1.64. The molecule has 0 radical (unpaired) electrons. The lowest BCUT2D eigenvalue weighted by atomic mass is 9.94. The first-order valence-corrected chi connectivity index (χ1v) is 11.5. The minimum absolute atomic E-state index is 0.00356. The van der Waals surface area contributed by atoms with Gasteiger partial charge in [-0.25, -0.2) is 22.9 Å². The number of hydrogen-bond donors (Lipinski definition) is 1. The minimum atomic E-state index is -1.04. The largest absolute Gasteiger partial charge is 0.466 e. The van der Waals surface area contributed by atoms with Crippen molar-refractivity contribution < 1.29 is 27.4 Å². The van der Waals surface area contributed by atoms with Gasteiger partial charge in [0.2, 0.25) is 0 Å². The van der Waals surface area contributed by atoms with Crippen LogP contribution < -0.4 is 5.32 Å². The van der Waals surface area contributed by atoms with Gasteiger partial charge in [0.15, 0.2) is 11.7 Å². The number of rotatable bonds is 5. The Kier molecular flexibility index (Phi) is 6.52. The fraction of sp³-hybridized carbons (Fsp3) is 0.375. The zero-order chi connectivity index (χ0) is 24.7. The fourth-order valence-electron chi connectivity index (χ4n) is 4.88. The number of carbonyl (C=O) groups excluding carboxylic acids is 1. The predicted molar refractivity (Wildman–Crippen MR) is 121 cm³/mol. The summed E-state index contributed by atoms with van der Waals surface area (Å²) in [6, 6.07) is 3.73. The number of hydrogen-bond acceptors (Lipinski definition) is 7. The number of fused-ring (bicyclic) bond motifs is 2. The van der Waals surface area contributed by atoms with Gasteiger partial charge < -0.3 is 14.8 Å². The standard InChI is InChI=1S/C24H22ClF3N4O3/c1-34-24(33)20-19(9-32-14-3-4-15(32)11-35-10-14)30-23(22-18(28)7-13(27)8-29-22)31-21(20)16-5-2-12(26)6-17(16)25/h2,5-8,14-15,21H,3-4,9-11H2,1H3,(H,30,31)/t14?,15?,21-/m0/s1. The van der Waals surface area contributed by atoms with Crippen molar-refractivity contribution in [1.82, 2.24) is 15.2 Å². The number of benzene rings is 1. The van der Waals surface area contributed by atoms with Gasteiger partial charge in [-0.15, -0.1) is 0 Å². The number of amidine groups is 1.